The van der Waals surface area contributed by atoms with Gasteiger partial charge in [-0.2, -0.15) is 0 Å². The van der Waals surface area contributed by atoms with Crippen molar-refractivity contribution >= 4 is 17.5 Å². The highest BCUT2D eigenvalue weighted by atomic mass is 16.5. The number of rotatable bonds is 5. The molecule has 1 saturated carbocycles. The fourth-order valence-electron chi connectivity index (χ4n) is 1.98. The lowest BCUT2D eigenvalue weighted by Crippen LogP contribution is -2.37. The van der Waals surface area contributed by atoms with Crippen LogP contribution in [0.25, 0.3) is 0 Å². The smallest absolute Gasteiger partial charge is 0.251 e. The summed E-state index contributed by atoms with van der Waals surface area (Å²) in [5.41, 5.74) is 6.75. The molecule has 1 aromatic rings. The Kier molecular flexibility index (Phi) is 4.24. The van der Waals surface area contributed by atoms with Crippen LogP contribution in [-0.4, -0.2) is 32.0 Å². The maximum atomic E-state index is 12.0. The molecule has 0 spiro atoms. The van der Waals surface area contributed by atoms with Gasteiger partial charge in [-0.25, -0.2) is 0 Å². The molecule has 1 aliphatic rings. The van der Waals surface area contributed by atoms with Crippen LogP contribution in [0.5, 0.6) is 5.75 Å². The van der Waals surface area contributed by atoms with Gasteiger partial charge in [-0.15, -0.1) is 0 Å². The van der Waals surface area contributed by atoms with Crippen LogP contribution in [0.15, 0.2) is 18.2 Å². The highest BCUT2D eigenvalue weighted by Gasteiger charge is 2.33. The van der Waals surface area contributed by atoms with Crippen molar-refractivity contribution in [2.24, 2.45) is 11.7 Å². The minimum atomic E-state index is -0.511. The number of carbonyl (C=O) groups is 2. The third-order valence-corrected chi connectivity index (χ3v) is 3.38. The Morgan fingerprint density at radius 2 is 2.10 bits per heavy atom. The summed E-state index contributed by atoms with van der Waals surface area (Å²) in [4.78, 5) is 23.6. The van der Waals surface area contributed by atoms with Gasteiger partial charge in [0.2, 0.25) is 5.91 Å². The average molecular weight is 277 g/mol. The van der Waals surface area contributed by atoms with Crippen molar-refractivity contribution in [1.29, 1.82) is 0 Å². The van der Waals surface area contributed by atoms with E-state index in [9.17, 15) is 9.59 Å². The largest absolute Gasteiger partial charge is 0.495 e. The monoisotopic (exact) mass is 277 g/mol. The minimum Gasteiger partial charge on any atom is -0.495 e. The number of amides is 2. The molecule has 4 N–H and O–H groups in total. The number of benzene rings is 1. The number of carbonyl (C=O) groups excluding carboxylic acids is 2. The molecule has 20 heavy (non-hydrogen) atoms. The third-order valence-electron chi connectivity index (χ3n) is 3.38. The van der Waals surface area contributed by atoms with Gasteiger partial charge in [0, 0.05) is 12.6 Å². The predicted octanol–water partition coefficient (Wildman–Crippen LogP) is 0.731. The highest BCUT2D eigenvalue weighted by Crippen LogP contribution is 2.33. The van der Waals surface area contributed by atoms with E-state index in [1.807, 2.05) is 0 Å². The molecule has 1 atom stereocenters. The number of hydrogen-bond acceptors (Lipinski definition) is 4. The fraction of sp³-hybridized carbons (Fsp3) is 0.429. The lowest BCUT2D eigenvalue weighted by atomic mass is 10.1. The highest BCUT2D eigenvalue weighted by molar-refractivity contribution is 5.99. The first kappa shape index (κ1) is 14.3. The molecule has 1 unspecified atom stereocenters. The summed E-state index contributed by atoms with van der Waals surface area (Å²) in [5, 5.41) is 5.27. The zero-order chi connectivity index (χ0) is 14.7. The van der Waals surface area contributed by atoms with Crippen molar-refractivity contribution in [3.8, 4) is 5.75 Å². The molecule has 0 bridgehead atoms. The van der Waals surface area contributed by atoms with Crippen LogP contribution >= 0.6 is 0 Å². The molecule has 1 aromatic carbocycles. The summed E-state index contributed by atoms with van der Waals surface area (Å²) in [7, 11) is 3.05. The van der Waals surface area contributed by atoms with Gasteiger partial charge < -0.3 is 21.1 Å². The first-order valence-electron chi connectivity index (χ1n) is 6.53. The Hall–Kier alpha value is -2.08. The Balaban J connectivity index is 2.19. The van der Waals surface area contributed by atoms with Gasteiger partial charge in [0.05, 0.1) is 18.8 Å². The summed E-state index contributed by atoms with van der Waals surface area (Å²) in [6.07, 6.45) is 1.98. The van der Waals surface area contributed by atoms with Crippen LogP contribution in [0.1, 0.15) is 23.2 Å². The molecule has 0 aliphatic heterocycles. The lowest BCUT2D eigenvalue weighted by Gasteiger charge is -2.14. The normalized spacial score (nSPS) is 15.3. The molecule has 0 aromatic heterocycles. The van der Waals surface area contributed by atoms with E-state index in [2.05, 4.69) is 10.6 Å². The first-order valence-corrected chi connectivity index (χ1v) is 6.53. The number of anilines is 1. The van der Waals surface area contributed by atoms with Gasteiger partial charge in [-0.05, 0) is 37.0 Å². The predicted molar refractivity (Wildman–Crippen MR) is 75.7 cm³/mol. The SMILES string of the molecule is CNC(=O)c1ccc(OC)c(NC(=O)C(N)C2CC2)c1. The molecule has 2 rings (SSSR count). The second kappa shape index (κ2) is 5.92. The van der Waals surface area contributed by atoms with Gasteiger partial charge in [-0.1, -0.05) is 0 Å². The van der Waals surface area contributed by atoms with Crippen molar-refractivity contribution in [1.82, 2.24) is 5.32 Å². The van der Waals surface area contributed by atoms with E-state index in [1.54, 1.807) is 25.2 Å². The maximum absolute atomic E-state index is 12.0. The van der Waals surface area contributed by atoms with Crippen molar-refractivity contribution < 1.29 is 14.3 Å². The molecule has 6 nitrogen and oxygen atoms in total. The molecular weight excluding hydrogens is 258 g/mol. The molecular formula is C14H19N3O3. The molecule has 0 radical (unpaired) electrons. The van der Waals surface area contributed by atoms with Crippen LogP contribution in [0.4, 0.5) is 5.69 Å². The third kappa shape index (κ3) is 3.08. The topological polar surface area (TPSA) is 93.5 Å². The minimum absolute atomic E-state index is 0.227. The summed E-state index contributed by atoms with van der Waals surface area (Å²) in [6.45, 7) is 0. The second-order valence-corrected chi connectivity index (χ2v) is 4.85. The quantitative estimate of drug-likeness (QED) is 0.739. The van der Waals surface area contributed by atoms with Crippen molar-refractivity contribution in [3.05, 3.63) is 23.8 Å². The number of ether oxygens (including phenoxy) is 1. The van der Waals surface area contributed by atoms with E-state index in [-0.39, 0.29) is 17.7 Å². The molecule has 2 amide bonds. The van der Waals surface area contributed by atoms with Crippen LogP contribution in [0, 0.1) is 5.92 Å². The van der Waals surface area contributed by atoms with E-state index in [1.165, 1.54) is 7.11 Å². The summed E-state index contributed by atoms with van der Waals surface area (Å²) >= 11 is 0. The maximum Gasteiger partial charge on any atom is 0.251 e. The molecule has 0 heterocycles. The molecule has 1 aliphatic carbocycles. The van der Waals surface area contributed by atoms with Gasteiger partial charge in [0.15, 0.2) is 0 Å². The standard InChI is InChI=1S/C14H19N3O3/c1-16-13(18)9-5-6-11(20-2)10(7-9)17-14(19)12(15)8-3-4-8/h5-8,12H,3-4,15H2,1-2H3,(H,16,18)(H,17,19). The summed E-state index contributed by atoms with van der Waals surface area (Å²) in [6, 6.07) is 4.34. The fourth-order valence-corrected chi connectivity index (χ4v) is 1.98. The Bertz CT molecular complexity index is 526. The molecule has 0 saturated heterocycles. The average Bonchev–Trinajstić information content (AvgIpc) is 3.30. The van der Waals surface area contributed by atoms with E-state index < -0.39 is 6.04 Å². The Morgan fingerprint density at radius 1 is 1.40 bits per heavy atom. The van der Waals surface area contributed by atoms with Crippen LogP contribution < -0.4 is 21.1 Å². The second-order valence-electron chi connectivity index (χ2n) is 4.85. The number of nitrogens with one attached hydrogen (secondary N) is 2. The zero-order valence-corrected chi connectivity index (χ0v) is 11.6. The summed E-state index contributed by atoms with van der Waals surface area (Å²) in [5.74, 6) is 0.284. The van der Waals surface area contributed by atoms with Crippen molar-refractivity contribution in [3.63, 3.8) is 0 Å². The summed E-state index contributed by atoms with van der Waals surface area (Å²) < 4.78 is 5.18. The zero-order valence-electron chi connectivity index (χ0n) is 11.6. The lowest BCUT2D eigenvalue weighted by molar-refractivity contribution is -0.117. The molecule has 1 fully saturated rings. The van der Waals surface area contributed by atoms with Gasteiger partial charge >= 0.3 is 0 Å². The van der Waals surface area contributed by atoms with E-state index in [0.717, 1.165) is 12.8 Å². The number of nitrogens with two attached hydrogens (primary N) is 1. The van der Waals surface area contributed by atoms with E-state index >= 15 is 0 Å². The molecule has 108 valence electrons. The van der Waals surface area contributed by atoms with Crippen molar-refractivity contribution in [2.45, 2.75) is 18.9 Å². The van der Waals surface area contributed by atoms with Gasteiger partial charge in [0.1, 0.15) is 5.75 Å². The number of hydrogen-bond donors (Lipinski definition) is 3. The Morgan fingerprint density at radius 3 is 2.65 bits per heavy atom. The van der Waals surface area contributed by atoms with Crippen LogP contribution in [0.3, 0.4) is 0 Å². The molecule has 6 heteroatoms. The first-order chi connectivity index (χ1) is 9.56. The van der Waals surface area contributed by atoms with Gasteiger partial charge in [0.25, 0.3) is 5.91 Å². The van der Waals surface area contributed by atoms with E-state index in [0.29, 0.717) is 17.0 Å². The Labute approximate surface area is 117 Å². The van der Waals surface area contributed by atoms with Crippen molar-refractivity contribution in [2.75, 3.05) is 19.5 Å². The number of methoxy groups -OCH3 is 1. The van der Waals surface area contributed by atoms with Crippen LogP contribution in [0.2, 0.25) is 0 Å². The van der Waals surface area contributed by atoms with Crippen LogP contribution in [-0.2, 0) is 4.79 Å². The van der Waals surface area contributed by atoms with E-state index in [4.69, 9.17) is 10.5 Å². The van der Waals surface area contributed by atoms with Gasteiger partial charge in [-0.3, -0.25) is 9.59 Å².